The van der Waals surface area contributed by atoms with Crippen molar-refractivity contribution in [3.05, 3.63) is 0 Å². The van der Waals surface area contributed by atoms with Crippen LogP contribution in [-0.4, -0.2) is 43.1 Å². The largest absolute Gasteiger partial charge is 0.444 e. The Bertz CT molecular complexity index is 372. The molecule has 0 spiro atoms. The van der Waals surface area contributed by atoms with Crippen molar-refractivity contribution in [1.82, 2.24) is 16.0 Å². The first kappa shape index (κ1) is 16.3. The monoisotopic (exact) mass is 285 g/mol. The molecule has 0 saturated heterocycles. The third kappa shape index (κ3) is 7.60. The lowest BCUT2D eigenvalue weighted by molar-refractivity contribution is -0.123. The van der Waals surface area contributed by atoms with Crippen LogP contribution in [0.4, 0.5) is 4.79 Å². The lowest BCUT2D eigenvalue weighted by Crippen LogP contribution is -2.42. The molecule has 7 nitrogen and oxygen atoms in total. The normalized spacial score (nSPS) is 14.3. The number of hydrogen-bond acceptors (Lipinski definition) is 4. The van der Waals surface area contributed by atoms with E-state index in [1.165, 1.54) is 0 Å². The van der Waals surface area contributed by atoms with E-state index in [1.54, 1.807) is 20.8 Å². The highest BCUT2D eigenvalue weighted by Crippen LogP contribution is 2.28. The number of carbonyl (C=O) groups excluding carboxylic acids is 3. The summed E-state index contributed by atoms with van der Waals surface area (Å²) in [6.45, 7) is 5.83. The van der Waals surface area contributed by atoms with Gasteiger partial charge in [-0.05, 0) is 33.6 Å². The van der Waals surface area contributed by atoms with Gasteiger partial charge < -0.3 is 20.7 Å². The summed E-state index contributed by atoms with van der Waals surface area (Å²) in [6.07, 6.45) is 1.28. The van der Waals surface area contributed by atoms with Crippen LogP contribution in [0.15, 0.2) is 0 Å². The number of amides is 3. The van der Waals surface area contributed by atoms with Crippen LogP contribution in [0.1, 0.15) is 33.6 Å². The van der Waals surface area contributed by atoms with Crippen LogP contribution in [0.3, 0.4) is 0 Å². The topological polar surface area (TPSA) is 96.5 Å². The third-order valence-corrected chi connectivity index (χ3v) is 2.49. The first-order chi connectivity index (χ1) is 9.28. The van der Waals surface area contributed by atoms with Crippen LogP contribution < -0.4 is 16.0 Å². The molecule has 1 rings (SSSR count). The second kappa shape index (κ2) is 7.12. The number of alkyl carbamates (subject to hydrolysis) is 1. The van der Waals surface area contributed by atoms with E-state index in [0.29, 0.717) is 13.1 Å². The lowest BCUT2D eigenvalue weighted by atomic mass is 10.2. The summed E-state index contributed by atoms with van der Waals surface area (Å²) < 4.78 is 4.99. The van der Waals surface area contributed by atoms with Crippen molar-refractivity contribution < 1.29 is 19.1 Å². The average molecular weight is 285 g/mol. The number of ether oxygens (including phenoxy) is 1. The molecule has 1 aliphatic rings. The molecule has 3 N–H and O–H groups in total. The van der Waals surface area contributed by atoms with Crippen molar-refractivity contribution in [2.75, 3.05) is 19.6 Å². The molecule has 0 bridgehead atoms. The Morgan fingerprint density at radius 3 is 2.20 bits per heavy atom. The number of carbonyl (C=O) groups is 3. The predicted molar refractivity (Wildman–Crippen MR) is 73.0 cm³/mol. The van der Waals surface area contributed by atoms with Gasteiger partial charge in [0.2, 0.25) is 11.8 Å². The van der Waals surface area contributed by atoms with E-state index >= 15 is 0 Å². The van der Waals surface area contributed by atoms with Gasteiger partial charge in [0.25, 0.3) is 0 Å². The molecule has 0 heterocycles. The average Bonchev–Trinajstić information content (AvgIpc) is 3.13. The first-order valence-corrected chi connectivity index (χ1v) is 6.79. The standard InChI is InChI=1S/C13H23N3O4/c1-13(2,3)20-12(19)16-8-10(17)14-6-7-15-11(18)9-4-5-9/h9H,4-8H2,1-3H3,(H,14,17)(H,15,18)(H,16,19). The molecule has 0 aromatic carbocycles. The summed E-state index contributed by atoms with van der Waals surface area (Å²) in [5, 5.41) is 7.68. The van der Waals surface area contributed by atoms with Crippen LogP contribution >= 0.6 is 0 Å². The molecule has 0 aromatic rings. The van der Waals surface area contributed by atoms with Gasteiger partial charge in [-0.3, -0.25) is 9.59 Å². The van der Waals surface area contributed by atoms with Crippen LogP contribution in [0.25, 0.3) is 0 Å². The minimum absolute atomic E-state index is 0.0473. The summed E-state index contributed by atoms with van der Waals surface area (Å²) in [7, 11) is 0. The Kier molecular flexibility index (Phi) is 5.79. The molecule has 0 aromatic heterocycles. The molecule has 1 fully saturated rings. The molecule has 3 amide bonds. The van der Waals surface area contributed by atoms with Crippen LogP contribution in [-0.2, 0) is 14.3 Å². The van der Waals surface area contributed by atoms with Gasteiger partial charge in [0.1, 0.15) is 5.60 Å². The molecule has 0 atom stereocenters. The van der Waals surface area contributed by atoms with E-state index in [9.17, 15) is 14.4 Å². The zero-order chi connectivity index (χ0) is 15.2. The van der Waals surface area contributed by atoms with E-state index in [2.05, 4.69) is 16.0 Å². The Labute approximate surface area is 118 Å². The van der Waals surface area contributed by atoms with E-state index in [1.807, 2.05) is 0 Å². The molecule has 1 aliphatic carbocycles. The number of rotatable bonds is 6. The van der Waals surface area contributed by atoms with Crippen LogP contribution in [0, 0.1) is 5.92 Å². The summed E-state index contributed by atoms with van der Waals surface area (Å²) in [6, 6.07) is 0. The minimum Gasteiger partial charge on any atom is -0.444 e. The smallest absolute Gasteiger partial charge is 0.408 e. The summed E-state index contributed by atoms with van der Waals surface area (Å²) in [5.74, 6) is -0.109. The SMILES string of the molecule is CC(C)(C)OC(=O)NCC(=O)NCCNC(=O)C1CC1. The van der Waals surface area contributed by atoms with Gasteiger partial charge in [-0.1, -0.05) is 0 Å². The summed E-state index contributed by atoms with van der Waals surface area (Å²) in [5.41, 5.74) is -0.590. The van der Waals surface area contributed by atoms with Crippen molar-refractivity contribution in [2.45, 2.75) is 39.2 Å². The Morgan fingerprint density at radius 1 is 1.05 bits per heavy atom. The molecular formula is C13H23N3O4. The zero-order valence-electron chi connectivity index (χ0n) is 12.2. The molecule has 0 radical (unpaired) electrons. The summed E-state index contributed by atoms with van der Waals surface area (Å²) >= 11 is 0. The molecule has 7 heteroatoms. The van der Waals surface area contributed by atoms with Gasteiger partial charge in [-0.2, -0.15) is 0 Å². The van der Waals surface area contributed by atoms with Gasteiger partial charge in [-0.15, -0.1) is 0 Å². The van der Waals surface area contributed by atoms with Crippen LogP contribution in [0.2, 0.25) is 0 Å². The van der Waals surface area contributed by atoms with E-state index in [4.69, 9.17) is 4.74 Å². The number of hydrogen-bond donors (Lipinski definition) is 3. The minimum atomic E-state index is -0.630. The Balaban J connectivity index is 2.02. The summed E-state index contributed by atoms with van der Waals surface area (Å²) in [4.78, 5) is 34.0. The van der Waals surface area contributed by atoms with E-state index in [-0.39, 0.29) is 24.3 Å². The quantitative estimate of drug-likeness (QED) is 0.605. The van der Waals surface area contributed by atoms with Crippen molar-refractivity contribution in [2.24, 2.45) is 5.92 Å². The molecular weight excluding hydrogens is 262 g/mol. The maximum absolute atomic E-state index is 11.4. The van der Waals surface area contributed by atoms with Gasteiger partial charge >= 0.3 is 6.09 Å². The van der Waals surface area contributed by atoms with Crippen molar-refractivity contribution in [3.8, 4) is 0 Å². The highest BCUT2D eigenvalue weighted by molar-refractivity contribution is 5.82. The maximum Gasteiger partial charge on any atom is 0.408 e. The second-order valence-corrected chi connectivity index (χ2v) is 5.77. The van der Waals surface area contributed by atoms with Crippen LogP contribution in [0.5, 0.6) is 0 Å². The molecule has 0 unspecified atom stereocenters. The maximum atomic E-state index is 11.4. The first-order valence-electron chi connectivity index (χ1n) is 6.79. The molecule has 20 heavy (non-hydrogen) atoms. The molecule has 1 saturated carbocycles. The van der Waals surface area contributed by atoms with E-state index in [0.717, 1.165) is 12.8 Å². The Morgan fingerprint density at radius 2 is 1.65 bits per heavy atom. The number of nitrogens with one attached hydrogen (secondary N) is 3. The van der Waals surface area contributed by atoms with Crippen molar-refractivity contribution in [1.29, 1.82) is 0 Å². The molecule has 114 valence electrons. The van der Waals surface area contributed by atoms with Crippen molar-refractivity contribution >= 4 is 17.9 Å². The van der Waals surface area contributed by atoms with Gasteiger partial charge in [0.05, 0.1) is 6.54 Å². The Hall–Kier alpha value is -1.79. The highest BCUT2D eigenvalue weighted by Gasteiger charge is 2.28. The lowest BCUT2D eigenvalue weighted by Gasteiger charge is -2.19. The second-order valence-electron chi connectivity index (χ2n) is 5.77. The molecule has 0 aliphatic heterocycles. The van der Waals surface area contributed by atoms with Gasteiger partial charge in [-0.25, -0.2) is 4.79 Å². The fraction of sp³-hybridized carbons (Fsp3) is 0.769. The predicted octanol–water partition coefficient (Wildman–Crippen LogP) is 0.154. The highest BCUT2D eigenvalue weighted by atomic mass is 16.6. The van der Waals surface area contributed by atoms with Gasteiger partial charge in [0.15, 0.2) is 0 Å². The third-order valence-electron chi connectivity index (χ3n) is 2.49. The van der Waals surface area contributed by atoms with E-state index < -0.39 is 11.7 Å². The fourth-order valence-electron chi connectivity index (χ4n) is 1.41. The zero-order valence-corrected chi connectivity index (χ0v) is 12.2. The van der Waals surface area contributed by atoms with Gasteiger partial charge in [0, 0.05) is 19.0 Å². The van der Waals surface area contributed by atoms with Crippen molar-refractivity contribution in [3.63, 3.8) is 0 Å². The fourth-order valence-corrected chi connectivity index (χ4v) is 1.41.